The number of hydrogen-bond donors (Lipinski definition) is 3. The third-order valence-corrected chi connectivity index (χ3v) is 5.56. The summed E-state index contributed by atoms with van der Waals surface area (Å²) in [6.45, 7) is 1.67. The lowest BCUT2D eigenvalue weighted by atomic mass is 9.67. The fourth-order valence-corrected chi connectivity index (χ4v) is 4.03. The van der Waals surface area contributed by atoms with E-state index >= 15 is 0 Å². The minimum Gasteiger partial charge on any atom is -0.346 e. The molecule has 6 heteroatoms. The molecular weight excluding hydrogens is 358 g/mol. The van der Waals surface area contributed by atoms with Crippen molar-refractivity contribution in [1.82, 2.24) is 10.6 Å². The lowest BCUT2D eigenvalue weighted by Gasteiger charge is -2.37. The zero-order chi connectivity index (χ0) is 16.3. The minimum absolute atomic E-state index is 0.0172. The molecule has 1 aromatic rings. The first kappa shape index (κ1) is 16.5. The average Bonchev–Trinajstić information content (AvgIpc) is 3.00. The summed E-state index contributed by atoms with van der Waals surface area (Å²) in [7, 11) is 0. The molecule has 0 aromatic heterocycles. The van der Waals surface area contributed by atoms with Crippen LogP contribution in [0.2, 0.25) is 0 Å². The molecule has 5 nitrogen and oxygen atoms in total. The molecule has 0 radical (unpaired) electrons. The van der Waals surface area contributed by atoms with Gasteiger partial charge in [-0.25, -0.2) is 0 Å². The van der Waals surface area contributed by atoms with Gasteiger partial charge in [0.15, 0.2) is 0 Å². The van der Waals surface area contributed by atoms with E-state index in [9.17, 15) is 9.59 Å². The molecule has 2 aliphatic rings. The molecule has 1 saturated carbocycles. The maximum Gasteiger partial charge on any atom is 0.243 e. The lowest BCUT2D eigenvalue weighted by Crippen LogP contribution is -2.49. The van der Waals surface area contributed by atoms with Crippen LogP contribution in [-0.2, 0) is 9.59 Å². The van der Waals surface area contributed by atoms with Gasteiger partial charge in [-0.05, 0) is 49.6 Å². The quantitative estimate of drug-likeness (QED) is 0.751. The number of carbonyl (C=O) groups is 2. The highest BCUT2D eigenvalue weighted by Crippen LogP contribution is 2.43. The van der Waals surface area contributed by atoms with Crippen molar-refractivity contribution in [2.75, 3.05) is 25.0 Å². The monoisotopic (exact) mass is 379 g/mol. The van der Waals surface area contributed by atoms with Crippen molar-refractivity contribution < 1.29 is 9.59 Å². The van der Waals surface area contributed by atoms with E-state index in [2.05, 4.69) is 31.9 Å². The summed E-state index contributed by atoms with van der Waals surface area (Å²) in [4.78, 5) is 24.7. The van der Waals surface area contributed by atoms with Crippen molar-refractivity contribution in [3.8, 4) is 0 Å². The molecule has 3 N–H and O–H groups in total. The molecule has 1 aliphatic heterocycles. The van der Waals surface area contributed by atoms with Gasteiger partial charge in [0.05, 0.1) is 12.0 Å². The van der Waals surface area contributed by atoms with Gasteiger partial charge in [-0.3, -0.25) is 9.59 Å². The van der Waals surface area contributed by atoms with Crippen molar-refractivity contribution in [3.05, 3.63) is 28.7 Å². The van der Waals surface area contributed by atoms with Crippen molar-refractivity contribution in [2.45, 2.75) is 25.7 Å². The zero-order valence-corrected chi connectivity index (χ0v) is 14.6. The van der Waals surface area contributed by atoms with Crippen LogP contribution in [0.4, 0.5) is 5.69 Å². The molecular formula is C17H22BrN3O2. The molecule has 3 rings (SSSR count). The number of amides is 2. The maximum absolute atomic E-state index is 12.7. The van der Waals surface area contributed by atoms with E-state index in [1.165, 1.54) is 6.42 Å². The van der Waals surface area contributed by atoms with Crippen molar-refractivity contribution in [3.63, 3.8) is 0 Å². The van der Waals surface area contributed by atoms with E-state index in [1.54, 1.807) is 0 Å². The summed E-state index contributed by atoms with van der Waals surface area (Å²) < 4.78 is 0.958. The molecule has 1 aromatic carbocycles. The molecule has 23 heavy (non-hydrogen) atoms. The smallest absolute Gasteiger partial charge is 0.243 e. The standard InChI is InChI=1S/C17H22BrN3O2/c18-13-4-6-14(7-5-13)21-15(22)10-20-16(23)17-8-2-1-3-12(17)9-19-11-17/h4-7,12,19H,1-3,8-11H2,(H,20,23)(H,21,22)/t12-,17+/m0/s1. The minimum atomic E-state index is -0.309. The van der Waals surface area contributed by atoms with Gasteiger partial charge >= 0.3 is 0 Å². The van der Waals surface area contributed by atoms with E-state index in [1.807, 2.05) is 24.3 Å². The predicted octanol–water partition coefficient (Wildman–Crippen LogP) is 2.28. The third-order valence-electron chi connectivity index (χ3n) is 5.03. The summed E-state index contributed by atoms with van der Waals surface area (Å²) in [5.74, 6) is 0.235. The second-order valence-electron chi connectivity index (χ2n) is 6.47. The highest BCUT2D eigenvalue weighted by atomic mass is 79.9. The number of nitrogens with one attached hydrogen (secondary N) is 3. The number of carbonyl (C=O) groups excluding carboxylic acids is 2. The molecule has 0 bridgehead atoms. The first-order valence-electron chi connectivity index (χ1n) is 8.15. The molecule has 2 fully saturated rings. The van der Waals surface area contributed by atoms with E-state index in [4.69, 9.17) is 0 Å². The van der Waals surface area contributed by atoms with E-state index in [-0.39, 0.29) is 23.8 Å². The molecule has 0 unspecified atom stereocenters. The van der Waals surface area contributed by atoms with Gasteiger partial charge in [0.2, 0.25) is 11.8 Å². The van der Waals surface area contributed by atoms with Crippen LogP contribution in [-0.4, -0.2) is 31.4 Å². The molecule has 2 amide bonds. The van der Waals surface area contributed by atoms with Gasteiger partial charge in [0.25, 0.3) is 0 Å². The van der Waals surface area contributed by atoms with Crippen molar-refractivity contribution >= 4 is 33.4 Å². The number of fused-ring (bicyclic) bond motifs is 1. The Morgan fingerprint density at radius 1 is 1.26 bits per heavy atom. The van der Waals surface area contributed by atoms with Crippen molar-refractivity contribution in [2.24, 2.45) is 11.3 Å². The van der Waals surface area contributed by atoms with Gasteiger partial charge in [-0.15, -0.1) is 0 Å². The Labute approximate surface area is 144 Å². The van der Waals surface area contributed by atoms with E-state index < -0.39 is 0 Å². The Bertz CT molecular complexity index is 590. The van der Waals surface area contributed by atoms with Gasteiger partial charge in [-0.2, -0.15) is 0 Å². The molecule has 124 valence electrons. The fraction of sp³-hybridized carbons (Fsp3) is 0.529. The number of hydrogen-bond acceptors (Lipinski definition) is 3. The SMILES string of the molecule is O=C(CNC(=O)[C@@]12CCCC[C@H]1CNC2)Nc1ccc(Br)cc1. The fourth-order valence-electron chi connectivity index (χ4n) is 3.77. The van der Waals surface area contributed by atoms with Gasteiger partial charge < -0.3 is 16.0 Å². The van der Waals surface area contributed by atoms with Crippen molar-refractivity contribution in [1.29, 1.82) is 0 Å². The van der Waals surface area contributed by atoms with Gasteiger partial charge in [-0.1, -0.05) is 28.8 Å². The Kier molecular flexibility index (Phi) is 5.02. The average molecular weight is 380 g/mol. The van der Waals surface area contributed by atoms with E-state index in [0.717, 1.165) is 42.5 Å². The Hall–Kier alpha value is -1.40. The Morgan fingerprint density at radius 3 is 2.83 bits per heavy atom. The van der Waals surface area contributed by atoms with E-state index in [0.29, 0.717) is 5.92 Å². The number of halogens is 1. The van der Waals surface area contributed by atoms with Crippen LogP contribution in [0, 0.1) is 11.3 Å². The number of benzene rings is 1. The summed E-state index contributed by atoms with van der Waals surface area (Å²) in [5.41, 5.74) is 0.416. The number of rotatable bonds is 4. The Morgan fingerprint density at radius 2 is 2.04 bits per heavy atom. The van der Waals surface area contributed by atoms with Gasteiger partial charge in [0, 0.05) is 16.7 Å². The Balaban J connectivity index is 1.54. The van der Waals surface area contributed by atoms with Crippen LogP contribution in [0.1, 0.15) is 25.7 Å². The summed E-state index contributed by atoms with van der Waals surface area (Å²) >= 11 is 3.36. The molecule has 2 atom stereocenters. The first-order chi connectivity index (χ1) is 11.1. The topological polar surface area (TPSA) is 70.2 Å². The van der Waals surface area contributed by atoms with Crippen LogP contribution in [0.25, 0.3) is 0 Å². The highest BCUT2D eigenvalue weighted by Gasteiger charge is 2.49. The largest absolute Gasteiger partial charge is 0.346 e. The van der Waals surface area contributed by atoms with Crippen LogP contribution in [0.3, 0.4) is 0 Å². The summed E-state index contributed by atoms with van der Waals surface area (Å²) in [5, 5.41) is 8.99. The van der Waals surface area contributed by atoms with Gasteiger partial charge in [0.1, 0.15) is 0 Å². The predicted molar refractivity (Wildman–Crippen MR) is 93.0 cm³/mol. The molecule has 0 spiro atoms. The summed E-state index contributed by atoms with van der Waals surface area (Å²) in [6.07, 6.45) is 4.32. The number of anilines is 1. The van der Waals surface area contributed by atoms with Crippen LogP contribution >= 0.6 is 15.9 Å². The normalized spacial score (nSPS) is 26.4. The van der Waals surface area contributed by atoms with Crippen LogP contribution < -0.4 is 16.0 Å². The van der Waals surface area contributed by atoms with Crippen LogP contribution in [0.5, 0.6) is 0 Å². The first-order valence-corrected chi connectivity index (χ1v) is 8.94. The zero-order valence-electron chi connectivity index (χ0n) is 13.0. The molecule has 1 aliphatic carbocycles. The summed E-state index contributed by atoms with van der Waals surface area (Å²) in [6, 6.07) is 7.37. The molecule has 1 heterocycles. The second-order valence-corrected chi connectivity index (χ2v) is 7.38. The highest BCUT2D eigenvalue weighted by molar-refractivity contribution is 9.10. The van der Waals surface area contributed by atoms with Crippen LogP contribution in [0.15, 0.2) is 28.7 Å². The maximum atomic E-state index is 12.7. The third kappa shape index (κ3) is 3.58. The molecule has 1 saturated heterocycles. The second kappa shape index (κ2) is 7.01. The lowest BCUT2D eigenvalue weighted by molar-refractivity contribution is -0.135.